The summed E-state index contributed by atoms with van der Waals surface area (Å²) in [4.78, 5) is 32.6. The number of carboxylic acids is 1. The summed E-state index contributed by atoms with van der Waals surface area (Å²) in [5, 5.41) is 12.1. The van der Waals surface area contributed by atoms with Gasteiger partial charge in [-0.05, 0) is 87.8 Å². The van der Waals surface area contributed by atoms with E-state index in [9.17, 15) is 23.1 Å². The second-order valence-corrected chi connectivity index (χ2v) is 14.1. The summed E-state index contributed by atoms with van der Waals surface area (Å²) < 4.78 is 34.3. The van der Waals surface area contributed by atoms with Crippen molar-refractivity contribution >= 4 is 28.0 Å². The van der Waals surface area contributed by atoms with Crippen LogP contribution in [0, 0.1) is 31.1 Å². The molecule has 3 rings (SSSR count). The van der Waals surface area contributed by atoms with Gasteiger partial charge in [-0.25, -0.2) is 32.7 Å². The molecule has 0 aliphatic heterocycles. The molecule has 0 aliphatic carbocycles. The highest BCUT2D eigenvalue weighted by Gasteiger charge is 2.23. The molecule has 1 aromatic heterocycles. The number of hydrogen-bond donors (Lipinski definition) is 3. The number of nitrogens with one attached hydrogen (secondary N) is 2. The van der Waals surface area contributed by atoms with Gasteiger partial charge in [0.15, 0.2) is 0 Å². The van der Waals surface area contributed by atoms with Crippen molar-refractivity contribution in [2.45, 2.75) is 78.3 Å². The van der Waals surface area contributed by atoms with E-state index in [1.165, 1.54) is 18.2 Å². The van der Waals surface area contributed by atoms with Crippen molar-refractivity contribution in [3.05, 3.63) is 70.9 Å². The first kappa shape index (κ1) is 33.1. The molecule has 10 nitrogen and oxygen atoms in total. The minimum absolute atomic E-state index is 0.179. The SMILES string of the molecule is Cc1cccc(C)c1-c1cc(C#CC(CC(C)(C)C)NC(=O)OC(C)(C)C)nc(NS(=O)(=O)c2cccc(C(=O)O)c2)n1. The molecule has 0 aliphatic rings. The lowest BCUT2D eigenvalue weighted by molar-refractivity contribution is 0.0507. The fourth-order valence-corrected chi connectivity index (χ4v) is 5.23. The van der Waals surface area contributed by atoms with Crippen molar-refractivity contribution in [2.24, 2.45) is 5.41 Å². The van der Waals surface area contributed by atoms with Crippen LogP contribution in [0.2, 0.25) is 0 Å². The molecule has 0 radical (unpaired) electrons. The van der Waals surface area contributed by atoms with Gasteiger partial charge in [-0.1, -0.05) is 51.0 Å². The highest BCUT2D eigenvalue weighted by Crippen LogP contribution is 2.28. The number of benzene rings is 2. The summed E-state index contributed by atoms with van der Waals surface area (Å²) in [6.45, 7) is 15.2. The van der Waals surface area contributed by atoms with Crippen molar-refractivity contribution in [3.63, 3.8) is 0 Å². The second-order valence-electron chi connectivity index (χ2n) is 12.4. The van der Waals surface area contributed by atoms with E-state index < -0.39 is 33.7 Å². The van der Waals surface area contributed by atoms with Gasteiger partial charge in [-0.3, -0.25) is 0 Å². The number of rotatable bonds is 7. The molecule has 3 aromatic rings. The van der Waals surface area contributed by atoms with Gasteiger partial charge in [0.05, 0.1) is 22.2 Å². The number of carbonyl (C=O) groups excluding carboxylic acids is 1. The van der Waals surface area contributed by atoms with Crippen LogP contribution in [-0.4, -0.2) is 47.2 Å². The first-order chi connectivity index (χ1) is 19.8. The number of amides is 1. The molecule has 2 aromatic carbocycles. The molecule has 1 heterocycles. The Morgan fingerprint density at radius 2 is 1.60 bits per heavy atom. The lowest BCUT2D eigenvalue weighted by atomic mass is 9.88. The van der Waals surface area contributed by atoms with Gasteiger partial charge in [-0.2, -0.15) is 0 Å². The summed E-state index contributed by atoms with van der Waals surface area (Å²) in [5.41, 5.74) is 2.23. The van der Waals surface area contributed by atoms with Crippen LogP contribution in [0.1, 0.15) is 75.1 Å². The third-order valence-electron chi connectivity index (χ3n) is 5.96. The molecule has 0 spiro atoms. The van der Waals surface area contributed by atoms with Gasteiger partial charge >= 0.3 is 12.1 Å². The number of sulfonamides is 1. The van der Waals surface area contributed by atoms with E-state index in [2.05, 4.69) is 31.8 Å². The van der Waals surface area contributed by atoms with Crippen LogP contribution in [-0.2, 0) is 14.8 Å². The molecular weight excluding hydrogens is 568 g/mol. The Morgan fingerprint density at radius 1 is 0.977 bits per heavy atom. The van der Waals surface area contributed by atoms with Crippen LogP contribution >= 0.6 is 0 Å². The first-order valence-corrected chi connectivity index (χ1v) is 15.1. The molecule has 0 bridgehead atoms. The summed E-state index contributed by atoms with van der Waals surface area (Å²) >= 11 is 0. The summed E-state index contributed by atoms with van der Waals surface area (Å²) in [5.74, 6) is 4.56. The number of alkyl carbamates (subject to hydrolysis) is 1. The standard InChI is InChI=1S/C32H38N4O6S/c1-20-11-9-12-21(2)27(20)26-18-23(15-16-24(19-31(3,4)5)34-30(39)42-32(6,7)8)33-29(35-26)36-43(40,41)25-14-10-13-22(17-25)28(37)38/h9-14,17-18,24H,19H2,1-8H3,(H,34,39)(H,37,38)(H,33,35,36). The lowest BCUT2D eigenvalue weighted by Gasteiger charge is -2.25. The average molecular weight is 607 g/mol. The molecule has 3 N–H and O–H groups in total. The van der Waals surface area contributed by atoms with Crippen molar-refractivity contribution in [1.82, 2.24) is 15.3 Å². The Morgan fingerprint density at radius 3 is 2.19 bits per heavy atom. The van der Waals surface area contributed by atoms with Gasteiger partial charge in [0.1, 0.15) is 11.3 Å². The highest BCUT2D eigenvalue weighted by molar-refractivity contribution is 7.92. The van der Waals surface area contributed by atoms with Crippen LogP contribution < -0.4 is 10.0 Å². The molecule has 11 heteroatoms. The zero-order valence-electron chi connectivity index (χ0n) is 25.7. The Kier molecular flexibility index (Phi) is 9.87. The number of nitrogens with zero attached hydrogens (tertiary/aromatic N) is 2. The fraction of sp³-hybridized carbons (Fsp3) is 0.375. The molecule has 0 fully saturated rings. The van der Waals surface area contributed by atoms with E-state index in [0.717, 1.165) is 22.8 Å². The van der Waals surface area contributed by atoms with Crippen LogP contribution in [0.25, 0.3) is 11.3 Å². The van der Waals surface area contributed by atoms with Crippen LogP contribution in [0.5, 0.6) is 0 Å². The first-order valence-electron chi connectivity index (χ1n) is 13.7. The molecule has 228 valence electrons. The number of carbonyl (C=O) groups is 2. The fourth-order valence-electron chi connectivity index (χ4n) is 4.24. The summed E-state index contributed by atoms with van der Waals surface area (Å²) in [6, 6.07) is 11.8. The molecule has 43 heavy (non-hydrogen) atoms. The Balaban J connectivity index is 2.10. The van der Waals surface area contributed by atoms with Gasteiger partial charge in [0, 0.05) is 5.56 Å². The second kappa shape index (κ2) is 12.8. The predicted molar refractivity (Wildman–Crippen MR) is 165 cm³/mol. The minimum atomic E-state index is -4.25. The Bertz CT molecular complexity index is 1670. The van der Waals surface area contributed by atoms with Gasteiger partial charge in [-0.15, -0.1) is 0 Å². The Hall–Kier alpha value is -4.43. The zero-order valence-corrected chi connectivity index (χ0v) is 26.5. The molecular formula is C32H38N4O6S. The molecule has 1 unspecified atom stereocenters. The van der Waals surface area contributed by atoms with E-state index in [1.807, 2.05) is 52.8 Å². The number of hydrogen-bond acceptors (Lipinski definition) is 7. The van der Waals surface area contributed by atoms with Crippen molar-refractivity contribution in [3.8, 4) is 23.1 Å². The van der Waals surface area contributed by atoms with E-state index in [1.54, 1.807) is 26.8 Å². The maximum atomic E-state index is 13.2. The van der Waals surface area contributed by atoms with Crippen molar-refractivity contribution < 1.29 is 27.9 Å². The topological polar surface area (TPSA) is 148 Å². The molecule has 0 saturated heterocycles. The average Bonchev–Trinajstić information content (AvgIpc) is 2.85. The van der Waals surface area contributed by atoms with E-state index in [0.29, 0.717) is 12.1 Å². The van der Waals surface area contributed by atoms with E-state index in [4.69, 9.17) is 4.74 Å². The number of aryl methyl sites for hydroxylation is 2. The quantitative estimate of drug-likeness (QED) is 0.280. The molecule has 1 atom stereocenters. The molecule has 1 amide bonds. The van der Waals surface area contributed by atoms with Gasteiger partial charge < -0.3 is 15.2 Å². The zero-order chi connectivity index (χ0) is 32.2. The third-order valence-corrected chi connectivity index (χ3v) is 7.29. The van der Waals surface area contributed by atoms with Gasteiger partial charge in [0.2, 0.25) is 5.95 Å². The maximum Gasteiger partial charge on any atom is 0.408 e. The molecule has 0 saturated carbocycles. The van der Waals surface area contributed by atoms with Crippen molar-refractivity contribution in [1.29, 1.82) is 0 Å². The van der Waals surface area contributed by atoms with Crippen molar-refractivity contribution in [2.75, 3.05) is 4.72 Å². The number of aromatic carboxylic acids is 1. The summed E-state index contributed by atoms with van der Waals surface area (Å²) in [6.07, 6.45) is -0.0972. The summed E-state index contributed by atoms with van der Waals surface area (Å²) in [7, 11) is -4.25. The number of anilines is 1. The van der Waals surface area contributed by atoms with E-state index >= 15 is 0 Å². The largest absolute Gasteiger partial charge is 0.478 e. The predicted octanol–water partition coefficient (Wildman–Crippen LogP) is 5.94. The third kappa shape index (κ3) is 9.82. The minimum Gasteiger partial charge on any atom is -0.478 e. The normalized spacial score (nSPS) is 12.5. The Labute approximate surface area is 253 Å². The number of aromatic nitrogens is 2. The highest BCUT2D eigenvalue weighted by atomic mass is 32.2. The van der Waals surface area contributed by atoms with Gasteiger partial charge in [0.25, 0.3) is 10.0 Å². The maximum absolute atomic E-state index is 13.2. The number of ether oxygens (including phenoxy) is 1. The lowest BCUT2D eigenvalue weighted by Crippen LogP contribution is -2.40. The number of carboxylic acid groups (broad SMARTS) is 1. The van der Waals surface area contributed by atoms with Crippen LogP contribution in [0.15, 0.2) is 53.4 Å². The van der Waals surface area contributed by atoms with Crippen LogP contribution in [0.4, 0.5) is 10.7 Å². The monoisotopic (exact) mass is 606 g/mol. The van der Waals surface area contributed by atoms with Crippen LogP contribution in [0.3, 0.4) is 0 Å². The van der Waals surface area contributed by atoms with E-state index in [-0.39, 0.29) is 27.5 Å². The smallest absolute Gasteiger partial charge is 0.408 e.